The highest BCUT2D eigenvalue weighted by molar-refractivity contribution is 5.89. The van der Waals surface area contributed by atoms with Crippen LogP contribution in [0.1, 0.15) is 5.56 Å². The van der Waals surface area contributed by atoms with Crippen LogP contribution in [0.5, 0.6) is 0 Å². The predicted molar refractivity (Wildman–Crippen MR) is 68.2 cm³/mol. The molecule has 19 heavy (non-hydrogen) atoms. The molecule has 4 nitrogen and oxygen atoms in total. The molecule has 1 aromatic rings. The fraction of sp³-hybridized carbons (Fsp3) is 0.143. The van der Waals surface area contributed by atoms with Gasteiger partial charge in [-0.05, 0) is 12.1 Å². The van der Waals surface area contributed by atoms with Crippen LogP contribution in [0.3, 0.4) is 0 Å². The van der Waals surface area contributed by atoms with E-state index in [4.69, 9.17) is 6.42 Å². The minimum absolute atomic E-state index is 0.0709. The first-order chi connectivity index (χ1) is 9.13. The predicted octanol–water partition coefficient (Wildman–Crippen LogP) is 1.13. The van der Waals surface area contributed by atoms with Crippen LogP contribution in [0, 0.1) is 18.2 Å². The van der Waals surface area contributed by atoms with Crippen LogP contribution in [0.2, 0.25) is 0 Å². The fourth-order valence-electron chi connectivity index (χ4n) is 1.15. The second-order valence-corrected chi connectivity index (χ2v) is 3.44. The lowest BCUT2D eigenvalue weighted by molar-refractivity contribution is -0.143. The summed E-state index contributed by atoms with van der Waals surface area (Å²) in [4.78, 5) is 22.3. The zero-order chi connectivity index (χ0) is 14.1. The number of esters is 1. The molecule has 98 valence electrons. The first-order valence-electron chi connectivity index (χ1n) is 5.43. The fourth-order valence-corrected chi connectivity index (χ4v) is 1.15. The second kappa shape index (κ2) is 7.67. The van der Waals surface area contributed by atoms with Crippen molar-refractivity contribution in [2.24, 2.45) is 0 Å². The number of amides is 1. The van der Waals surface area contributed by atoms with Crippen molar-refractivity contribution < 1.29 is 18.7 Å². The number of hydrogen-bond donors (Lipinski definition) is 1. The number of benzene rings is 1. The average molecular weight is 261 g/mol. The van der Waals surface area contributed by atoms with E-state index in [-0.39, 0.29) is 12.1 Å². The number of halogens is 1. The van der Waals surface area contributed by atoms with E-state index in [0.29, 0.717) is 0 Å². The maximum absolute atomic E-state index is 13.2. The summed E-state index contributed by atoms with van der Waals surface area (Å²) in [5, 5.41) is 2.33. The van der Waals surface area contributed by atoms with Crippen LogP contribution in [0.4, 0.5) is 4.39 Å². The number of nitrogens with one attached hydrogen (secondary N) is 1. The van der Waals surface area contributed by atoms with Crippen LogP contribution in [-0.4, -0.2) is 25.0 Å². The zero-order valence-electron chi connectivity index (χ0n) is 10.1. The molecule has 1 amide bonds. The number of rotatable bonds is 5. The normalized spacial score (nSPS) is 9.89. The molecule has 1 rings (SSSR count). The largest absolute Gasteiger partial charge is 0.452 e. The molecule has 0 aliphatic heterocycles. The van der Waals surface area contributed by atoms with E-state index < -0.39 is 24.3 Å². The third-order valence-corrected chi connectivity index (χ3v) is 2.04. The summed E-state index contributed by atoms with van der Waals surface area (Å²) in [6.45, 7) is -0.358. The van der Waals surface area contributed by atoms with E-state index in [1.54, 1.807) is 12.1 Å². The van der Waals surface area contributed by atoms with Crippen LogP contribution >= 0.6 is 0 Å². The van der Waals surface area contributed by atoms with Gasteiger partial charge in [0.1, 0.15) is 5.82 Å². The summed E-state index contributed by atoms with van der Waals surface area (Å²) >= 11 is 0. The Morgan fingerprint density at radius 2 is 2.16 bits per heavy atom. The summed E-state index contributed by atoms with van der Waals surface area (Å²) in [5.74, 6) is 0.533. The molecule has 0 fully saturated rings. The second-order valence-electron chi connectivity index (χ2n) is 3.44. The van der Waals surface area contributed by atoms with Gasteiger partial charge in [0.25, 0.3) is 5.91 Å². The SMILES string of the molecule is C#CCNC(=O)COC(=O)/C=C/c1ccccc1F. The van der Waals surface area contributed by atoms with Crippen molar-refractivity contribution in [3.05, 3.63) is 41.7 Å². The van der Waals surface area contributed by atoms with Crippen LogP contribution in [-0.2, 0) is 14.3 Å². The lowest BCUT2D eigenvalue weighted by Gasteiger charge is -2.01. The first-order valence-corrected chi connectivity index (χ1v) is 5.43. The Morgan fingerprint density at radius 1 is 1.42 bits per heavy atom. The van der Waals surface area contributed by atoms with Gasteiger partial charge in [-0.2, -0.15) is 0 Å². The molecule has 0 atom stereocenters. The van der Waals surface area contributed by atoms with Crippen molar-refractivity contribution in [2.45, 2.75) is 0 Å². The van der Waals surface area contributed by atoms with Gasteiger partial charge in [0.05, 0.1) is 6.54 Å². The summed E-state index contributed by atoms with van der Waals surface area (Å²) < 4.78 is 17.8. The van der Waals surface area contributed by atoms with Gasteiger partial charge in [-0.1, -0.05) is 24.1 Å². The smallest absolute Gasteiger partial charge is 0.331 e. The molecule has 0 aliphatic rings. The highest BCUT2D eigenvalue weighted by Crippen LogP contribution is 2.07. The van der Waals surface area contributed by atoms with Crippen LogP contribution in [0.25, 0.3) is 6.08 Å². The van der Waals surface area contributed by atoms with E-state index in [2.05, 4.69) is 16.0 Å². The molecule has 0 unspecified atom stereocenters. The molecule has 5 heteroatoms. The molecule has 0 aromatic heterocycles. The van der Waals surface area contributed by atoms with Crippen molar-refractivity contribution in [1.29, 1.82) is 0 Å². The van der Waals surface area contributed by atoms with E-state index in [0.717, 1.165) is 6.08 Å². The van der Waals surface area contributed by atoms with Crippen molar-refractivity contribution >= 4 is 18.0 Å². The Kier molecular flexibility index (Phi) is 5.83. The van der Waals surface area contributed by atoms with Crippen molar-refractivity contribution in [2.75, 3.05) is 13.2 Å². The van der Waals surface area contributed by atoms with Gasteiger partial charge in [-0.3, -0.25) is 4.79 Å². The topological polar surface area (TPSA) is 55.4 Å². The van der Waals surface area contributed by atoms with Gasteiger partial charge in [0.2, 0.25) is 0 Å². The first kappa shape index (κ1) is 14.5. The summed E-state index contributed by atoms with van der Waals surface area (Å²) in [6.07, 6.45) is 7.26. The molecule has 0 aliphatic carbocycles. The van der Waals surface area contributed by atoms with E-state index in [1.807, 2.05) is 0 Å². The third kappa shape index (κ3) is 5.50. The highest BCUT2D eigenvalue weighted by atomic mass is 19.1. The summed E-state index contributed by atoms with van der Waals surface area (Å²) in [7, 11) is 0. The molecular weight excluding hydrogens is 249 g/mol. The average Bonchev–Trinajstić information content (AvgIpc) is 2.42. The molecule has 0 spiro atoms. The molecule has 1 aromatic carbocycles. The summed E-state index contributed by atoms with van der Waals surface area (Å²) in [6, 6.07) is 5.97. The van der Waals surface area contributed by atoms with Crippen LogP contribution < -0.4 is 5.32 Å². The van der Waals surface area contributed by atoms with Crippen molar-refractivity contribution in [1.82, 2.24) is 5.32 Å². The number of carbonyl (C=O) groups is 2. The van der Waals surface area contributed by atoms with Gasteiger partial charge in [0, 0.05) is 11.6 Å². The van der Waals surface area contributed by atoms with Gasteiger partial charge in [-0.25, -0.2) is 9.18 Å². The van der Waals surface area contributed by atoms with E-state index >= 15 is 0 Å². The molecule has 0 saturated heterocycles. The summed E-state index contributed by atoms with van der Waals surface area (Å²) in [5.41, 5.74) is 0.260. The Bertz CT molecular complexity index is 532. The molecule has 1 N–H and O–H groups in total. The maximum Gasteiger partial charge on any atom is 0.331 e. The van der Waals surface area contributed by atoms with Gasteiger partial charge < -0.3 is 10.1 Å². The maximum atomic E-state index is 13.2. The minimum Gasteiger partial charge on any atom is -0.452 e. The third-order valence-electron chi connectivity index (χ3n) is 2.04. The van der Waals surface area contributed by atoms with Gasteiger partial charge in [0.15, 0.2) is 6.61 Å². The quantitative estimate of drug-likeness (QED) is 0.491. The van der Waals surface area contributed by atoms with Crippen molar-refractivity contribution in [3.8, 4) is 12.3 Å². The van der Waals surface area contributed by atoms with Crippen LogP contribution in [0.15, 0.2) is 30.3 Å². The Morgan fingerprint density at radius 3 is 2.84 bits per heavy atom. The van der Waals surface area contributed by atoms with Gasteiger partial charge in [-0.15, -0.1) is 6.42 Å². The number of ether oxygens (including phenoxy) is 1. The van der Waals surface area contributed by atoms with Crippen molar-refractivity contribution in [3.63, 3.8) is 0 Å². The lowest BCUT2D eigenvalue weighted by Crippen LogP contribution is -2.28. The van der Waals surface area contributed by atoms with Gasteiger partial charge >= 0.3 is 5.97 Å². The lowest BCUT2D eigenvalue weighted by atomic mass is 10.2. The molecule has 0 saturated carbocycles. The zero-order valence-corrected chi connectivity index (χ0v) is 10.1. The highest BCUT2D eigenvalue weighted by Gasteiger charge is 2.04. The monoisotopic (exact) mass is 261 g/mol. The molecular formula is C14H12FNO3. The number of hydrogen-bond acceptors (Lipinski definition) is 3. The Balaban J connectivity index is 2.42. The minimum atomic E-state index is -0.737. The Labute approximate surface area is 110 Å². The molecule has 0 heterocycles. The van der Waals surface area contributed by atoms with E-state index in [1.165, 1.54) is 18.2 Å². The Hall–Kier alpha value is -2.61. The molecule has 0 radical (unpaired) electrons. The van der Waals surface area contributed by atoms with E-state index in [9.17, 15) is 14.0 Å². The number of carbonyl (C=O) groups excluding carboxylic acids is 2. The standard InChI is InChI=1S/C14H12FNO3/c1-2-9-16-13(17)10-19-14(18)8-7-11-5-3-4-6-12(11)15/h1,3-8H,9-10H2,(H,16,17)/b8-7+. The number of terminal acetylenes is 1. The molecule has 0 bridgehead atoms.